The van der Waals surface area contributed by atoms with Crippen LogP contribution in [0.5, 0.6) is 5.75 Å². The van der Waals surface area contributed by atoms with E-state index in [9.17, 15) is 0 Å². The Morgan fingerprint density at radius 1 is 1.18 bits per heavy atom. The third-order valence-corrected chi connectivity index (χ3v) is 3.28. The van der Waals surface area contributed by atoms with Crippen molar-refractivity contribution in [3.05, 3.63) is 26.6 Å². The molecule has 0 aliphatic heterocycles. The Balaban J connectivity index is 3.21. The average Bonchev–Trinajstić information content (AvgIpc) is 1.97. The predicted molar refractivity (Wildman–Crippen MR) is 53.1 cm³/mol. The zero-order valence-corrected chi connectivity index (χ0v) is 9.49. The molecule has 0 saturated carbocycles. The van der Waals surface area contributed by atoms with Crippen LogP contribution in [0.1, 0.15) is 5.56 Å². The van der Waals surface area contributed by atoms with Crippen molar-refractivity contribution in [2.45, 2.75) is 6.92 Å². The topological polar surface area (TPSA) is 9.23 Å². The smallest absolute Gasteiger partial charge is 0.122 e. The molecule has 0 fully saturated rings. The van der Waals surface area contributed by atoms with Crippen molar-refractivity contribution in [2.24, 2.45) is 0 Å². The van der Waals surface area contributed by atoms with Crippen molar-refractivity contribution >= 4 is 31.9 Å². The largest absolute Gasteiger partial charge is 0.496 e. The molecule has 1 nitrogen and oxygen atoms in total. The van der Waals surface area contributed by atoms with Crippen LogP contribution in [0.4, 0.5) is 0 Å². The lowest BCUT2D eigenvalue weighted by atomic mass is 10.2. The van der Waals surface area contributed by atoms with Gasteiger partial charge in [0.25, 0.3) is 0 Å². The van der Waals surface area contributed by atoms with Gasteiger partial charge >= 0.3 is 0 Å². The van der Waals surface area contributed by atoms with Crippen LogP contribution in [-0.2, 0) is 0 Å². The van der Waals surface area contributed by atoms with Gasteiger partial charge in [0.15, 0.2) is 0 Å². The standard InChI is InChI=1S/C8H8Br2O/c1-5-3-6(9)7(10)4-8(5)11-2/h3-4H,1-2H3. The Kier molecular flexibility index (Phi) is 2.96. The van der Waals surface area contributed by atoms with Gasteiger partial charge in [-0.3, -0.25) is 0 Å². The molecular weight excluding hydrogens is 272 g/mol. The maximum atomic E-state index is 5.13. The third kappa shape index (κ3) is 1.97. The lowest BCUT2D eigenvalue weighted by Crippen LogP contribution is -1.86. The summed E-state index contributed by atoms with van der Waals surface area (Å²) in [6, 6.07) is 3.96. The fourth-order valence-corrected chi connectivity index (χ4v) is 1.63. The molecule has 0 saturated heterocycles. The van der Waals surface area contributed by atoms with Crippen LogP contribution in [0, 0.1) is 6.92 Å². The number of aryl methyl sites for hydroxylation is 1. The van der Waals surface area contributed by atoms with E-state index >= 15 is 0 Å². The maximum Gasteiger partial charge on any atom is 0.122 e. The Morgan fingerprint density at radius 2 is 1.73 bits per heavy atom. The minimum absolute atomic E-state index is 0.903. The van der Waals surface area contributed by atoms with E-state index in [1.54, 1.807) is 7.11 Å². The van der Waals surface area contributed by atoms with Crippen molar-refractivity contribution in [3.8, 4) is 5.75 Å². The summed E-state index contributed by atoms with van der Waals surface area (Å²) in [5.74, 6) is 0.903. The molecule has 0 aromatic heterocycles. The second kappa shape index (κ2) is 3.59. The van der Waals surface area contributed by atoms with Gasteiger partial charge in [-0.1, -0.05) is 0 Å². The normalized spacial score (nSPS) is 9.82. The van der Waals surface area contributed by atoms with E-state index in [1.807, 2.05) is 19.1 Å². The zero-order valence-electron chi connectivity index (χ0n) is 6.32. The van der Waals surface area contributed by atoms with Gasteiger partial charge < -0.3 is 4.74 Å². The number of ether oxygens (including phenoxy) is 1. The van der Waals surface area contributed by atoms with Gasteiger partial charge in [-0.2, -0.15) is 0 Å². The summed E-state index contributed by atoms with van der Waals surface area (Å²) in [5, 5.41) is 0. The zero-order chi connectivity index (χ0) is 8.43. The molecule has 0 N–H and O–H groups in total. The van der Waals surface area contributed by atoms with E-state index < -0.39 is 0 Å². The lowest BCUT2D eigenvalue weighted by molar-refractivity contribution is 0.411. The average molecular weight is 280 g/mol. The summed E-state index contributed by atoms with van der Waals surface area (Å²) in [4.78, 5) is 0. The van der Waals surface area contributed by atoms with E-state index in [1.165, 1.54) is 0 Å². The molecule has 0 heterocycles. The Labute approximate surface area is 83.0 Å². The first-order valence-electron chi connectivity index (χ1n) is 3.15. The second-order valence-electron chi connectivity index (χ2n) is 2.24. The molecule has 3 heteroatoms. The number of halogens is 2. The molecule has 0 bridgehead atoms. The number of hydrogen-bond donors (Lipinski definition) is 0. The fraction of sp³-hybridized carbons (Fsp3) is 0.250. The van der Waals surface area contributed by atoms with E-state index in [4.69, 9.17) is 4.74 Å². The maximum absolute atomic E-state index is 5.13. The highest BCUT2D eigenvalue weighted by atomic mass is 79.9. The molecule has 0 spiro atoms. The molecule has 0 atom stereocenters. The van der Waals surface area contributed by atoms with Crippen LogP contribution < -0.4 is 4.74 Å². The lowest BCUT2D eigenvalue weighted by Gasteiger charge is -2.05. The summed E-state index contributed by atoms with van der Waals surface area (Å²) in [6.45, 7) is 2.01. The van der Waals surface area contributed by atoms with E-state index in [0.29, 0.717) is 0 Å². The molecule has 0 aliphatic carbocycles. The van der Waals surface area contributed by atoms with Gasteiger partial charge in [0.2, 0.25) is 0 Å². The summed E-state index contributed by atoms with van der Waals surface area (Å²) < 4.78 is 7.20. The molecule has 0 radical (unpaired) electrons. The van der Waals surface area contributed by atoms with Gasteiger partial charge in [-0.15, -0.1) is 0 Å². The Bertz CT molecular complexity index is 271. The highest BCUT2D eigenvalue weighted by Crippen LogP contribution is 2.30. The van der Waals surface area contributed by atoms with Gasteiger partial charge in [0.05, 0.1) is 7.11 Å². The molecule has 1 aromatic rings. The minimum atomic E-state index is 0.903. The number of rotatable bonds is 1. The molecular formula is C8H8Br2O. The highest BCUT2D eigenvalue weighted by Gasteiger charge is 2.02. The van der Waals surface area contributed by atoms with Gasteiger partial charge in [0.1, 0.15) is 5.75 Å². The number of methoxy groups -OCH3 is 1. The Hall–Kier alpha value is -0.0200. The van der Waals surface area contributed by atoms with Crippen LogP contribution in [0.2, 0.25) is 0 Å². The molecule has 0 aliphatic rings. The quantitative estimate of drug-likeness (QED) is 0.764. The van der Waals surface area contributed by atoms with Crippen molar-refractivity contribution in [1.82, 2.24) is 0 Å². The summed E-state index contributed by atoms with van der Waals surface area (Å²) in [5.41, 5.74) is 1.13. The number of benzene rings is 1. The Morgan fingerprint density at radius 3 is 2.27 bits per heavy atom. The van der Waals surface area contributed by atoms with E-state index in [-0.39, 0.29) is 0 Å². The molecule has 0 amide bonds. The summed E-state index contributed by atoms with van der Waals surface area (Å²) >= 11 is 6.80. The molecule has 1 rings (SSSR count). The van der Waals surface area contributed by atoms with Crippen molar-refractivity contribution in [3.63, 3.8) is 0 Å². The van der Waals surface area contributed by atoms with Crippen LogP contribution in [-0.4, -0.2) is 7.11 Å². The second-order valence-corrected chi connectivity index (χ2v) is 3.94. The van der Waals surface area contributed by atoms with Crippen LogP contribution in [0.3, 0.4) is 0 Å². The monoisotopic (exact) mass is 278 g/mol. The summed E-state index contributed by atoms with van der Waals surface area (Å²) in [7, 11) is 1.67. The van der Waals surface area contributed by atoms with Crippen LogP contribution >= 0.6 is 31.9 Å². The molecule has 1 aromatic carbocycles. The third-order valence-electron chi connectivity index (χ3n) is 1.44. The SMILES string of the molecule is COc1cc(Br)c(Br)cc1C. The van der Waals surface area contributed by atoms with Crippen LogP contribution in [0.15, 0.2) is 21.1 Å². The van der Waals surface area contributed by atoms with Crippen molar-refractivity contribution < 1.29 is 4.74 Å². The van der Waals surface area contributed by atoms with E-state index in [2.05, 4.69) is 31.9 Å². The summed E-state index contributed by atoms with van der Waals surface area (Å²) in [6.07, 6.45) is 0. The molecule has 11 heavy (non-hydrogen) atoms. The molecule has 0 unspecified atom stereocenters. The molecule has 60 valence electrons. The fourth-order valence-electron chi connectivity index (χ4n) is 0.848. The number of hydrogen-bond acceptors (Lipinski definition) is 1. The van der Waals surface area contributed by atoms with Crippen molar-refractivity contribution in [1.29, 1.82) is 0 Å². The van der Waals surface area contributed by atoms with Gasteiger partial charge in [0, 0.05) is 8.95 Å². The van der Waals surface area contributed by atoms with Gasteiger partial charge in [-0.25, -0.2) is 0 Å². The minimum Gasteiger partial charge on any atom is -0.496 e. The first-order valence-corrected chi connectivity index (χ1v) is 4.73. The van der Waals surface area contributed by atoms with Gasteiger partial charge in [-0.05, 0) is 56.5 Å². The highest BCUT2D eigenvalue weighted by molar-refractivity contribution is 9.13. The van der Waals surface area contributed by atoms with E-state index in [0.717, 1.165) is 20.3 Å². The van der Waals surface area contributed by atoms with Crippen LogP contribution in [0.25, 0.3) is 0 Å². The first kappa shape index (κ1) is 9.07. The first-order chi connectivity index (χ1) is 5.15. The van der Waals surface area contributed by atoms with Crippen molar-refractivity contribution in [2.75, 3.05) is 7.11 Å². The predicted octanol–water partition coefficient (Wildman–Crippen LogP) is 3.53.